The standard InChI is InChI=1S/C12H12ClF3N4O/c1-2-21-11-19-9(13)18-10(17)20(11)8-5-3-4-7(6-8)12(14,15)16/h3-6,11H,2H2,1H3,(H2,17,18,19). The van der Waals surface area contributed by atoms with Crippen molar-refractivity contribution in [1.29, 1.82) is 0 Å². The maximum Gasteiger partial charge on any atom is 0.416 e. The van der Waals surface area contributed by atoms with Gasteiger partial charge in [-0.1, -0.05) is 6.07 Å². The first kappa shape index (κ1) is 15.6. The molecule has 9 heteroatoms. The molecule has 0 fully saturated rings. The van der Waals surface area contributed by atoms with Crippen molar-refractivity contribution in [3.05, 3.63) is 29.8 Å². The van der Waals surface area contributed by atoms with Gasteiger partial charge in [0.05, 0.1) is 5.56 Å². The number of alkyl halides is 3. The zero-order valence-electron chi connectivity index (χ0n) is 10.9. The number of rotatable bonds is 3. The molecule has 0 amide bonds. The number of benzene rings is 1. The molecule has 1 aliphatic heterocycles. The molecule has 1 atom stereocenters. The third kappa shape index (κ3) is 3.45. The van der Waals surface area contributed by atoms with Crippen LogP contribution >= 0.6 is 11.6 Å². The van der Waals surface area contributed by atoms with E-state index in [1.807, 2.05) is 0 Å². The molecular formula is C12H12ClF3N4O. The van der Waals surface area contributed by atoms with Gasteiger partial charge in [-0.05, 0) is 36.7 Å². The van der Waals surface area contributed by atoms with E-state index in [4.69, 9.17) is 22.1 Å². The number of guanidine groups is 1. The highest BCUT2D eigenvalue weighted by Gasteiger charge is 2.33. The highest BCUT2D eigenvalue weighted by Crippen LogP contribution is 2.32. The summed E-state index contributed by atoms with van der Waals surface area (Å²) in [5, 5.41) is -0.117. The first-order chi connectivity index (χ1) is 9.82. The van der Waals surface area contributed by atoms with E-state index in [2.05, 4.69) is 9.98 Å². The number of anilines is 1. The highest BCUT2D eigenvalue weighted by atomic mass is 35.5. The van der Waals surface area contributed by atoms with Gasteiger partial charge in [-0.15, -0.1) is 0 Å². The second-order valence-electron chi connectivity index (χ2n) is 4.07. The van der Waals surface area contributed by atoms with E-state index >= 15 is 0 Å². The molecule has 0 saturated heterocycles. The van der Waals surface area contributed by atoms with Crippen LogP contribution in [0.5, 0.6) is 0 Å². The summed E-state index contributed by atoms with van der Waals surface area (Å²) in [7, 11) is 0. The van der Waals surface area contributed by atoms with Crippen LogP contribution in [0, 0.1) is 0 Å². The van der Waals surface area contributed by atoms with Gasteiger partial charge in [-0.2, -0.15) is 18.2 Å². The van der Waals surface area contributed by atoms with Crippen LogP contribution in [0.3, 0.4) is 0 Å². The number of nitrogens with two attached hydrogens (primary N) is 1. The Morgan fingerprint density at radius 3 is 2.76 bits per heavy atom. The SMILES string of the molecule is CCOC1N=C(Cl)N=C(N)N1c1cccc(C(F)(F)F)c1. The van der Waals surface area contributed by atoms with Crippen LogP contribution in [-0.2, 0) is 10.9 Å². The van der Waals surface area contributed by atoms with Gasteiger partial charge in [0.15, 0.2) is 0 Å². The van der Waals surface area contributed by atoms with Crippen LogP contribution in [0.2, 0.25) is 0 Å². The second kappa shape index (κ2) is 5.90. The number of amidine groups is 1. The number of aliphatic imine (C=N–C) groups is 2. The molecule has 0 spiro atoms. The quantitative estimate of drug-likeness (QED) is 0.871. The van der Waals surface area contributed by atoms with Crippen molar-refractivity contribution in [2.45, 2.75) is 19.5 Å². The summed E-state index contributed by atoms with van der Waals surface area (Å²) >= 11 is 5.69. The zero-order valence-corrected chi connectivity index (χ0v) is 11.7. The predicted molar refractivity (Wildman–Crippen MR) is 74.2 cm³/mol. The lowest BCUT2D eigenvalue weighted by Crippen LogP contribution is -2.48. The third-order valence-corrected chi connectivity index (χ3v) is 2.84. The van der Waals surface area contributed by atoms with Crippen molar-refractivity contribution >= 4 is 28.5 Å². The van der Waals surface area contributed by atoms with Crippen LogP contribution in [0.4, 0.5) is 18.9 Å². The molecule has 1 heterocycles. The fourth-order valence-corrected chi connectivity index (χ4v) is 1.96. The topological polar surface area (TPSA) is 63.2 Å². The van der Waals surface area contributed by atoms with Crippen molar-refractivity contribution < 1.29 is 17.9 Å². The Bertz CT molecular complexity index is 588. The van der Waals surface area contributed by atoms with Crippen molar-refractivity contribution in [1.82, 2.24) is 0 Å². The minimum atomic E-state index is -4.46. The van der Waals surface area contributed by atoms with Crippen LogP contribution < -0.4 is 10.6 Å². The van der Waals surface area contributed by atoms with E-state index in [-0.39, 0.29) is 23.5 Å². The van der Waals surface area contributed by atoms with Gasteiger partial charge in [-0.3, -0.25) is 4.90 Å². The van der Waals surface area contributed by atoms with Crippen molar-refractivity contribution in [2.24, 2.45) is 15.7 Å². The van der Waals surface area contributed by atoms with Crippen molar-refractivity contribution in [3.63, 3.8) is 0 Å². The molecule has 2 N–H and O–H groups in total. The Labute approximate surface area is 123 Å². The molecule has 21 heavy (non-hydrogen) atoms. The van der Waals surface area contributed by atoms with Gasteiger partial charge in [0.2, 0.25) is 17.6 Å². The molecular weight excluding hydrogens is 309 g/mol. The van der Waals surface area contributed by atoms with Crippen LogP contribution in [0.1, 0.15) is 12.5 Å². The molecule has 1 aliphatic rings. The number of hydrogen-bond donors (Lipinski definition) is 1. The van der Waals surface area contributed by atoms with Crippen molar-refractivity contribution in [3.8, 4) is 0 Å². The summed E-state index contributed by atoms with van der Waals surface area (Å²) in [5.41, 5.74) is 5.09. The van der Waals surface area contributed by atoms with E-state index in [0.717, 1.165) is 12.1 Å². The van der Waals surface area contributed by atoms with E-state index in [1.54, 1.807) is 6.92 Å². The average Bonchev–Trinajstić information content (AvgIpc) is 2.37. The summed E-state index contributed by atoms with van der Waals surface area (Å²) < 4.78 is 43.7. The monoisotopic (exact) mass is 320 g/mol. The molecule has 0 saturated carbocycles. The maximum atomic E-state index is 12.8. The van der Waals surface area contributed by atoms with Gasteiger partial charge >= 0.3 is 6.18 Å². The normalized spacial score (nSPS) is 19.3. The van der Waals surface area contributed by atoms with Gasteiger partial charge in [0.25, 0.3) is 0 Å². The summed E-state index contributed by atoms with van der Waals surface area (Å²) in [5.74, 6) is -0.0900. The van der Waals surface area contributed by atoms with E-state index in [1.165, 1.54) is 17.0 Å². The molecule has 2 rings (SSSR count). The van der Waals surface area contributed by atoms with E-state index in [9.17, 15) is 13.2 Å². The maximum absolute atomic E-state index is 12.8. The lowest BCUT2D eigenvalue weighted by molar-refractivity contribution is -0.137. The molecule has 5 nitrogen and oxygen atoms in total. The Hall–Kier alpha value is -1.80. The Morgan fingerprint density at radius 2 is 2.14 bits per heavy atom. The Kier molecular flexibility index (Phi) is 4.38. The minimum Gasteiger partial charge on any atom is -0.369 e. The Balaban J connectivity index is 2.41. The van der Waals surface area contributed by atoms with E-state index in [0.29, 0.717) is 0 Å². The van der Waals surface area contributed by atoms with Crippen LogP contribution in [-0.4, -0.2) is 24.2 Å². The number of nitrogens with zero attached hydrogens (tertiary/aromatic N) is 3. The van der Waals surface area contributed by atoms with Gasteiger partial charge in [0, 0.05) is 12.3 Å². The number of halogens is 4. The summed E-state index contributed by atoms with van der Waals surface area (Å²) in [6.07, 6.45) is -5.41. The smallest absolute Gasteiger partial charge is 0.369 e. The van der Waals surface area contributed by atoms with Crippen molar-refractivity contribution in [2.75, 3.05) is 11.5 Å². The molecule has 114 valence electrons. The minimum absolute atomic E-state index is 0.0900. The Morgan fingerprint density at radius 1 is 1.43 bits per heavy atom. The predicted octanol–water partition coefficient (Wildman–Crippen LogP) is 2.76. The third-order valence-electron chi connectivity index (χ3n) is 2.66. The average molecular weight is 321 g/mol. The summed E-state index contributed by atoms with van der Waals surface area (Å²) in [6.45, 7) is 2.00. The van der Waals surface area contributed by atoms with Crippen LogP contribution in [0.15, 0.2) is 34.3 Å². The number of ether oxygens (including phenoxy) is 1. The molecule has 0 aromatic heterocycles. The molecule has 0 radical (unpaired) electrons. The van der Waals surface area contributed by atoms with E-state index < -0.39 is 18.1 Å². The fraction of sp³-hybridized carbons (Fsp3) is 0.333. The number of hydrogen-bond acceptors (Lipinski definition) is 5. The highest BCUT2D eigenvalue weighted by molar-refractivity contribution is 6.66. The summed E-state index contributed by atoms with van der Waals surface area (Å²) in [4.78, 5) is 8.89. The molecule has 1 aromatic rings. The zero-order chi connectivity index (χ0) is 15.6. The second-order valence-corrected chi connectivity index (χ2v) is 4.41. The largest absolute Gasteiger partial charge is 0.416 e. The lowest BCUT2D eigenvalue weighted by Gasteiger charge is -2.31. The molecule has 0 aliphatic carbocycles. The van der Waals surface area contributed by atoms with Gasteiger partial charge < -0.3 is 10.5 Å². The first-order valence-electron chi connectivity index (χ1n) is 5.98. The van der Waals surface area contributed by atoms with Gasteiger partial charge in [-0.25, -0.2) is 4.99 Å². The summed E-state index contributed by atoms with van der Waals surface area (Å²) in [6, 6.07) is 4.64. The molecule has 1 unspecified atom stereocenters. The lowest BCUT2D eigenvalue weighted by atomic mass is 10.2. The van der Waals surface area contributed by atoms with Crippen LogP contribution in [0.25, 0.3) is 0 Å². The molecule has 0 bridgehead atoms. The van der Waals surface area contributed by atoms with Gasteiger partial charge in [0.1, 0.15) is 0 Å². The fourth-order valence-electron chi connectivity index (χ4n) is 1.79. The first-order valence-corrected chi connectivity index (χ1v) is 6.36. The molecule has 1 aromatic carbocycles.